The molecule has 0 saturated heterocycles. The largest absolute Gasteiger partial charge is 0.452 e. The summed E-state index contributed by atoms with van der Waals surface area (Å²) in [6, 6.07) is 2.11. The number of furan rings is 1. The van der Waals surface area contributed by atoms with Gasteiger partial charge in [0.25, 0.3) is 11.6 Å². The van der Waals surface area contributed by atoms with E-state index in [0.29, 0.717) is 12.1 Å². The highest BCUT2D eigenvalue weighted by atomic mass is 35.5. The van der Waals surface area contributed by atoms with E-state index in [9.17, 15) is 23.7 Å². The lowest BCUT2D eigenvalue weighted by Gasteiger charge is -2.06. The Morgan fingerprint density at radius 1 is 1.40 bits per heavy atom. The highest BCUT2D eigenvalue weighted by molar-refractivity contribution is 6.32. The van der Waals surface area contributed by atoms with Crippen molar-refractivity contribution in [2.45, 2.75) is 0 Å². The first-order chi connectivity index (χ1) is 9.40. The van der Waals surface area contributed by atoms with Crippen molar-refractivity contribution in [3.63, 3.8) is 0 Å². The minimum absolute atomic E-state index is 0.135. The summed E-state index contributed by atoms with van der Waals surface area (Å²) in [4.78, 5) is 21.5. The van der Waals surface area contributed by atoms with E-state index >= 15 is 0 Å². The number of nitro groups is 1. The monoisotopic (exact) mass is 302 g/mol. The highest BCUT2D eigenvalue weighted by Gasteiger charge is 2.24. The second-order valence-electron chi connectivity index (χ2n) is 3.60. The maximum absolute atomic E-state index is 13.6. The zero-order valence-electron chi connectivity index (χ0n) is 9.52. The second kappa shape index (κ2) is 5.25. The molecule has 0 atom stereocenters. The standard InChI is InChI=1S/C11H5ClF2N2O4/c12-10-6(1-2-20-10)11(17)15-9-7(14)3-5(13)4-8(9)16(18)19/h1-4H,(H,15,17). The van der Waals surface area contributed by atoms with E-state index < -0.39 is 33.8 Å². The molecule has 2 rings (SSSR count). The number of benzene rings is 1. The van der Waals surface area contributed by atoms with E-state index in [4.69, 9.17) is 11.6 Å². The number of nitro benzene ring substituents is 1. The van der Waals surface area contributed by atoms with Gasteiger partial charge in [-0.1, -0.05) is 0 Å². The van der Waals surface area contributed by atoms with E-state index in [1.165, 1.54) is 6.07 Å². The average Bonchev–Trinajstić information content (AvgIpc) is 2.78. The smallest absolute Gasteiger partial charge is 0.298 e. The van der Waals surface area contributed by atoms with E-state index in [-0.39, 0.29) is 10.8 Å². The maximum atomic E-state index is 13.6. The van der Waals surface area contributed by atoms with Gasteiger partial charge in [-0.05, 0) is 17.7 Å². The van der Waals surface area contributed by atoms with Gasteiger partial charge in [0, 0.05) is 6.07 Å². The van der Waals surface area contributed by atoms with Crippen LogP contribution in [0.2, 0.25) is 5.22 Å². The predicted octanol–water partition coefficient (Wildman–Crippen LogP) is 3.37. The number of nitrogens with one attached hydrogen (secondary N) is 1. The minimum atomic E-state index is -1.27. The Kier molecular flexibility index (Phi) is 3.66. The van der Waals surface area contributed by atoms with Gasteiger partial charge in [-0.2, -0.15) is 0 Å². The van der Waals surface area contributed by atoms with Crippen LogP contribution in [0.15, 0.2) is 28.9 Å². The Labute approximate surface area is 115 Å². The van der Waals surface area contributed by atoms with E-state index in [1.54, 1.807) is 0 Å². The number of hydrogen-bond acceptors (Lipinski definition) is 4. The van der Waals surface area contributed by atoms with E-state index in [0.717, 1.165) is 6.26 Å². The molecule has 0 bridgehead atoms. The van der Waals surface area contributed by atoms with Crippen LogP contribution in [-0.2, 0) is 0 Å². The number of amides is 1. The summed E-state index contributed by atoms with van der Waals surface area (Å²) in [5.74, 6) is -3.32. The molecule has 1 N–H and O–H groups in total. The average molecular weight is 303 g/mol. The molecule has 104 valence electrons. The van der Waals surface area contributed by atoms with Gasteiger partial charge in [0.05, 0.1) is 22.8 Å². The fourth-order valence-electron chi connectivity index (χ4n) is 1.46. The highest BCUT2D eigenvalue weighted by Crippen LogP contribution is 2.29. The Hall–Kier alpha value is -2.48. The molecule has 9 heteroatoms. The lowest BCUT2D eigenvalue weighted by atomic mass is 10.2. The van der Waals surface area contributed by atoms with Crippen molar-refractivity contribution in [2.75, 3.05) is 5.32 Å². The first-order valence-electron chi connectivity index (χ1n) is 5.08. The fourth-order valence-corrected chi connectivity index (χ4v) is 1.66. The van der Waals surface area contributed by atoms with Crippen LogP contribution in [0.3, 0.4) is 0 Å². The Bertz CT molecular complexity index is 702. The van der Waals surface area contributed by atoms with Crippen LogP contribution in [0, 0.1) is 21.7 Å². The molecular formula is C11H5ClF2N2O4. The summed E-state index contributed by atoms with van der Waals surface area (Å²) in [5, 5.41) is 12.4. The first kappa shape index (κ1) is 13.9. The third-order valence-electron chi connectivity index (χ3n) is 2.33. The Morgan fingerprint density at radius 2 is 2.10 bits per heavy atom. The minimum Gasteiger partial charge on any atom is -0.452 e. The first-order valence-corrected chi connectivity index (χ1v) is 5.45. The van der Waals surface area contributed by atoms with Gasteiger partial charge in [0.15, 0.2) is 11.5 Å². The fraction of sp³-hybridized carbons (Fsp3) is 0. The van der Waals surface area contributed by atoms with Gasteiger partial charge in [-0.15, -0.1) is 0 Å². The summed E-state index contributed by atoms with van der Waals surface area (Å²) < 4.78 is 31.2. The molecule has 0 aliphatic heterocycles. The molecule has 1 aromatic heterocycles. The molecule has 1 amide bonds. The molecule has 0 spiro atoms. The SMILES string of the molecule is O=C(Nc1c(F)cc(F)cc1[N+](=O)[O-])c1ccoc1Cl. The molecule has 0 unspecified atom stereocenters. The molecule has 0 saturated carbocycles. The predicted molar refractivity (Wildman–Crippen MR) is 64.7 cm³/mol. The number of hydrogen-bond donors (Lipinski definition) is 1. The third kappa shape index (κ3) is 2.59. The van der Waals surface area contributed by atoms with Crippen LogP contribution >= 0.6 is 11.6 Å². The summed E-state index contributed by atoms with van der Waals surface area (Å²) in [7, 11) is 0. The molecular weight excluding hydrogens is 298 g/mol. The van der Waals surface area contributed by atoms with Crippen molar-refractivity contribution in [3.8, 4) is 0 Å². The van der Waals surface area contributed by atoms with Crippen LogP contribution < -0.4 is 5.32 Å². The summed E-state index contributed by atoms with van der Waals surface area (Å²) in [5.41, 5.74) is -1.79. The molecule has 1 aromatic carbocycles. The van der Waals surface area contributed by atoms with E-state index in [2.05, 4.69) is 4.42 Å². The summed E-state index contributed by atoms with van der Waals surface area (Å²) >= 11 is 5.55. The van der Waals surface area contributed by atoms with Gasteiger partial charge in [-0.3, -0.25) is 14.9 Å². The molecule has 6 nitrogen and oxygen atoms in total. The maximum Gasteiger partial charge on any atom is 0.298 e. The number of rotatable bonds is 3. The van der Waals surface area contributed by atoms with Gasteiger partial charge in [0.1, 0.15) is 5.82 Å². The van der Waals surface area contributed by atoms with Gasteiger partial charge < -0.3 is 9.73 Å². The number of carbonyl (C=O) groups excluding carboxylic acids is 1. The third-order valence-corrected chi connectivity index (χ3v) is 2.62. The number of nitrogens with zero attached hydrogens (tertiary/aromatic N) is 1. The van der Waals surface area contributed by atoms with Gasteiger partial charge in [-0.25, -0.2) is 8.78 Å². The van der Waals surface area contributed by atoms with Crippen LogP contribution in [0.25, 0.3) is 0 Å². The molecule has 20 heavy (non-hydrogen) atoms. The molecule has 0 radical (unpaired) electrons. The van der Waals surface area contributed by atoms with Crippen molar-refractivity contribution in [1.29, 1.82) is 0 Å². The van der Waals surface area contributed by atoms with Crippen LogP contribution in [0.1, 0.15) is 10.4 Å². The topological polar surface area (TPSA) is 85.4 Å². The van der Waals surface area contributed by atoms with Crippen molar-refractivity contribution in [2.24, 2.45) is 0 Å². The van der Waals surface area contributed by atoms with Crippen molar-refractivity contribution >= 4 is 28.9 Å². The zero-order valence-corrected chi connectivity index (χ0v) is 10.3. The lowest BCUT2D eigenvalue weighted by molar-refractivity contribution is -0.384. The Balaban J connectivity index is 2.41. The van der Waals surface area contributed by atoms with Crippen LogP contribution in [0.4, 0.5) is 20.2 Å². The zero-order chi connectivity index (χ0) is 14.9. The summed E-state index contributed by atoms with van der Waals surface area (Å²) in [6.45, 7) is 0. The van der Waals surface area contributed by atoms with E-state index in [1.807, 2.05) is 5.32 Å². The number of carbonyl (C=O) groups is 1. The molecule has 1 heterocycles. The van der Waals surface area contributed by atoms with Crippen LogP contribution in [-0.4, -0.2) is 10.8 Å². The normalized spacial score (nSPS) is 10.3. The number of anilines is 1. The van der Waals surface area contributed by atoms with Crippen molar-refractivity contribution in [1.82, 2.24) is 0 Å². The molecule has 0 aliphatic carbocycles. The molecule has 2 aromatic rings. The quantitative estimate of drug-likeness (QED) is 0.695. The summed E-state index contributed by atoms with van der Waals surface area (Å²) in [6.07, 6.45) is 1.12. The number of halogens is 3. The van der Waals surface area contributed by atoms with Crippen molar-refractivity contribution < 1.29 is 22.9 Å². The second-order valence-corrected chi connectivity index (χ2v) is 3.94. The molecule has 0 aliphatic rings. The van der Waals surface area contributed by atoms with Crippen LogP contribution in [0.5, 0.6) is 0 Å². The van der Waals surface area contributed by atoms with Gasteiger partial charge in [0.2, 0.25) is 5.22 Å². The van der Waals surface area contributed by atoms with Gasteiger partial charge >= 0.3 is 0 Å². The molecule has 0 fully saturated rings. The lowest BCUT2D eigenvalue weighted by Crippen LogP contribution is -2.14. The Morgan fingerprint density at radius 3 is 2.65 bits per heavy atom. The van der Waals surface area contributed by atoms with Crippen molar-refractivity contribution in [3.05, 3.63) is 57.0 Å².